The summed E-state index contributed by atoms with van der Waals surface area (Å²) >= 11 is 1.51. The molecule has 5 heteroatoms. The van der Waals surface area contributed by atoms with Gasteiger partial charge in [0.05, 0.1) is 0 Å². The number of aryl methyl sites for hydroxylation is 1. The van der Waals surface area contributed by atoms with Crippen molar-refractivity contribution in [2.24, 2.45) is 0 Å². The van der Waals surface area contributed by atoms with Crippen molar-refractivity contribution in [3.05, 3.63) is 99.4 Å². The van der Waals surface area contributed by atoms with E-state index in [-0.39, 0.29) is 23.4 Å². The quantitative estimate of drug-likeness (QED) is 0.559. The standard InChI is InChI=1S/C24H24N2O2S/c1-17-8-6-11-20(14-17)23(27)26-22(15-21-12-7-13-29-21)24(28)25-16-18(2)19-9-4-3-5-10-19/h3-15,18H,16H2,1-2H3,(H,25,28)(H,26,27)/b22-15-. The average Bonchev–Trinajstić information content (AvgIpc) is 3.25. The van der Waals surface area contributed by atoms with E-state index in [0.717, 1.165) is 16.0 Å². The van der Waals surface area contributed by atoms with Crippen LogP contribution in [-0.4, -0.2) is 18.4 Å². The van der Waals surface area contributed by atoms with Gasteiger partial charge in [0.2, 0.25) is 0 Å². The minimum Gasteiger partial charge on any atom is -0.350 e. The van der Waals surface area contributed by atoms with Crippen LogP contribution in [0.5, 0.6) is 0 Å². The number of hydrogen-bond acceptors (Lipinski definition) is 3. The summed E-state index contributed by atoms with van der Waals surface area (Å²) in [5, 5.41) is 7.65. The van der Waals surface area contributed by atoms with Gasteiger partial charge in [0.15, 0.2) is 0 Å². The molecule has 0 bridgehead atoms. The molecule has 2 N–H and O–H groups in total. The van der Waals surface area contributed by atoms with Gasteiger partial charge in [0.25, 0.3) is 11.8 Å². The molecular formula is C24H24N2O2S. The Balaban J connectivity index is 1.73. The second kappa shape index (κ2) is 9.85. The van der Waals surface area contributed by atoms with Crippen LogP contribution in [0.2, 0.25) is 0 Å². The van der Waals surface area contributed by atoms with Crippen molar-refractivity contribution in [1.82, 2.24) is 10.6 Å². The maximum atomic E-state index is 12.8. The Morgan fingerprint density at radius 3 is 2.52 bits per heavy atom. The Bertz CT molecular complexity index is 995. The van der Waals surface area contributed by atoms with Gasteiger partial charge in [-0.3, -0.25) is 9.59 Å². The molecule has 0 fully saturated rings. The molecule has 2 aromatic carbocycles. The molecule has 0 saturated carbocycles. The van der Waals surface area contributed by atoms with Crippen molar-refractivity contribution < 1.29 is 9.59 Å². The maximum Gasteiger partial charge on any atom is 0.267 e. The number of benzene rings is 2. The minimum absolute atomic E-state index is 0.163. The molecule has 1 unspecified atom stereocenters. The lowest BCUT2D eigenvalue weighted by Gasteiger charge is -2.15. The second-order valence-electron chi connectivity index (χ2n) is 6.92. The smallest absolute Gasteiger partial charge is 0.267 e. The predicted molar refractivity (Wildman–Crippen MR) is 119 cm³/mol. The molecule has 0 radical (unpaired) electrons. The number of carbonyl (C=O) groups excluding carboxylic acids is 2. The van der Waals surface area contributed by atoms with Crippen LogP contribution in [0.25, 0.3) is 6.08 Å². The molecule has 148 valence electrons. The monoisotopic (exact) mass is 404 g/mol. The highest BCUT2D eigenvalue weighted by Gasteiger charge is 2.16. The third kappa shape index (κ3) is 5.90. The van der Waals surface area contributed by atoms with Crippen LogP contribution in [0.4, 0.5) is 0 Å². The first-order chi connectivity index (χ1) is 14.0. The van der Waals surface area contributed by atoms with Gasteiger partial charge < -0.3 is 10.6 Å². The van der Waals surface area contributed by atoms with Crippen molar-refractivity contribution in [3.8, 4) is 0 Å². The van der Waals surface area contributed by atoms with Crippen molar-refractivity contribution in [2.45, 2.75) is 19.8 Å². The van der Waals surface area contributed by atoms with E-state index in [1.54, 1.807) is 18.2 Å². The van der Waals surface area contributed by atoms with Gasteiger partial charge >= 0.3 is 0 Å². The van der Waals surface area contributed by atoms with E-state index in [0.29, 0.717) is 12.1 Å². The Kier molecular flexibility index (Phi) is 6.98. The third-order valence-electron chi connectivity index (χ3n) is 4.54. The fraction of sp³-hybridized carbons (Fsp3) is 0.167. The van der Waals surface area contributed by atoms with E-state index in [9.17, 15) is 9.59 Å². The molecule has 1 aromatic heterocycles. The van der Waals surface area contributed by atoms with Gasteiger partial charge in [-0.25, -0.2) is 0 Å². The summed E-state index contributed by atoms with van der Waals surface area (Å²) in [5.74, 6) is -0.444. The summed E-state index contributed by atoms with van der Waals surface area (Å²) in [4.78, 5) is 26.4. The topological polar surface area (TPSA) is 58.2 Å². The molecule has 0 aliphatic carbocycles. The second-order valence-corrected chi connectivity index (χ2v) is 7.90. The Morgan fingerprint density at radius 1 is 1.03 bits per heavy atom. The van der Waals surface area contributed by atoms with Crippen LogP contribution in [0.1, 0.15) is 39.2 Å². The molecule has 29 heavy (non-hydrogen) atoms. The molecule has 1 atom stereocenters. The van der Waals surface area contributed by atoms with Gasteiger partial charge in [-0.1, -0.05) is 61.0 Å². The van der Waals surface area contributed by atoms with Gasteiger partial charge in [-0.05, 0) is 48.1 Å². The van der Waals surface area contributed by atoms with Crippen LogP contribution in [0.3, 0.4) is 0 Å². The van der Waals surface area contributed by atoms with E-state index in [1.807, 2.05) is 66.9 Å². The van der Waals surface area contributed by atoms with Crippen LogP contribution < -0.4 is 10.6 Å². The minimum atomic E-state index is -0.304. The fourth-order valence-corrected chi connectivity index (χ4v) is 3.55. The molecule has 4 nitrogen and oxygen atoms in total. The largest absolute Gasteiger partial charge is 0.350 e. The first kappa shape index (κ1) is 20.6. The molecular weight excluding hydrogens is 380 g/mol. The number of hydrogen-bond donors (Lipinski definition) is 2. The maximum absolute atomic E-state index is 12.8. The van der Waals surface area contributed by atoms with Crippen molar-refractivity contribution in [3.63, 3.8) is 0 Å². The summed E-state index contributed by atoms with van der Waals surface area (Å²) in [7, 11) is 0. The number of carbonyl (C=O) groups is 2. The molecule has 0 spiro atoms. The summed E-state index contributed by atoms with van der Waals surface area (Å²) in [6.07, 6.45) is 1.71. The normalized spacial score (nSPS) is 12.3. The van der Waals surface area contributed by atoms with Crippen LogP contribution in [-0.2, 0) is 4.79 Å². The number of nitrogens with one attached hydrogen (secondary N) is 2. The highest BCUT2D eigenvalue weighted by Crippen LogP contribution is 2.15. The molecule has 3 aromatic rings. The van der Waals surface area contributed by atoms with Crippen LogP contribution >= 0.6 is 11.3 Å². The van der Waals surface area contributed by atoms with E-state index >= 15 is 0 Å². The van der Waals surface area contributed by atoms with Crippen molar-refractivity contribution in [1.29, 1.82) is 0 Å². The Hall–Kier alpha value is -3.18. The molecule has 0 aliphatic rings. The number of thiophene rings is 1. The number of amides is 2. The van der Waals surface area contributed by atoms with Crippen LogP contribution in [0, 0.1) is 6.92 Å². The number of rotatable bonds is 7. The summed E-state index contributed by atoms with van der Waals surface area (Å²) < 4.78 is 0. The lowest BCUT2D eigenvalue weighted by Crippen LogP contribution is -2.36. The Labute approximate surface area is 175 Å². The third-order valence-corrected chi connectivity index (χ3v) is 5.36. The van der Waals surface area contributed by atoms with Gasteiger partial charge in [0.1, 0.15) is 5.70 Å². The van der Waals surface area contributed by atoms with E-state index in [2.05, 4.69) is 17.6 Å². The first-order valence-electron chi connectivity index (χ1n) is 9.49. The Morgan fingerprint density at radius 2 is 1.83 bits per heavy atom. The van der Waals surface area contributed by atoms with E-state index in [1.165, 1.54) is 11.3 Å². The predicted octanol–water partition coefficient (Wildman–Crippen LogP) is 4.75. The highest BCUT2D eigenvalue weighted by atomic mass is 32.1. The van der Waals surface area contributed by atoms with E-state index < -0.39 is 0 Å². The zero-order chi connectivity index (χ0) is 20.6. The zero-order valence-electron chi connectivity index (χ0n) is 16.5. The molecule has 0 saturated heterocycles. The fourth-order valence-electron chi connectivity index (χ4n) is 2.90. The summed E-state index contributed by atoms with van der Waals surface area (Å²) in [6, 6.07) is 21.1. The van der Waals surface area contributed by atoms with Crippen molar-refractivity contribution in [2.75, 3.05) is 6.54 Å². The van der Waals surface area contributed by atoms with E-state index in [4.69, 9.17) is 0 Å². The summed E-state index contributed by atoms with van der Waals surface area (Å²) in [5.41, 5.74) is 2.90. The van der Waals surface area contributed by atoms with Gasteiger partial charge in [0, 0.05) is 17.0 Å². The first-order valence-corrected chi connectivity index (χ1v) is 10.4. The van der Waals surface area contributed by atoms with Gasteiger partial charge in [-0.15, -0.1) is 11.3 Å². The molecule has 0 aliphatic heterocycles. The zero-order valence-corrected chi connectivity index (χ0v) is 17.3. The SMILES string of the molecule is Cc1cccc(C(=O)N/C(=C\c2cccs2)C(=O)NCC(C)c2ccccc2)c1. The lowest BCUT2D eigenvalue weighted by molar-refractivity contribution is -0.117. The lowest BCUT2D eigenvalue weighted by atomic mass is 10.0. The van der Waals surface area contributed by atoms with Crippen LogP contribution in [0.15, 0.2) is 77.8 Å². The molecule has 2 amide bonds. The van der Waals surface area contributed by atoms with Gasteiger partial charge in [-0.2, -0.15) is 0 Å². The highest BCUT2D eigenvalue weighted by molar-refractivity contribution is 7.10. The summed E-state index contributed by atoms with van der Waals surface area (Å²) in [6.45, 7) is 4.46. The van der Waals surface area contributed by atoms with Crippen molar-refractivity contribution >= 4 is 29.2 Å². The average molecular weight is 405 g/mol. The molecule has 3 rings (SSSR count). The molecule has 1 heterocycles.